The number of rotatable bonds is 11. The highest BCUT2D eigenvalue weighted by Crippen LogP contribution is 2.34. The van der Waals surface area contributed by atoms with E-state index in [1.807, 2.05) is 25.2 Å². The van der Waals surface area contributed by atoms with Gasteiger partial charge in [-0.3, -0.25) is 4.79 Å². The van der Waals surface area contributed by atoms with Gasteiger partial charge in [0.05, 0.1) is 18.8 Å². The summed E-state index contributed by atoms with van der Waals surface area (Å²) in [6, 6.07) is 0. The minimum atomic E-state index is -0.746. The second kappa shape index (κ2) is 11.9. The quantitative estimate of drug-likeness (QED) is 0.249. The van der Waals surface area contributed by atoms with Crippen molar-refractivity contribution < 1.29 is 24.5 Å². The SMILES string of the molecule is CCCCC(C)(O)C/C=C/[C@H]1[C@H](O)CC(=O)[C@@H]1CC/C=C\C=C\C(=O)OC. The first-order chi connectivity index (χ1) is 12.8. The van der Waals surface area contributed by atoms with E-state index < -0.39 is 17.7 Å². The van der Waals surface area contributed by atoms with Gasteiger partial charge in [0.15, 0.2) is 0 Å². The molecule has 0 bridgehead atoms. The lowest BCUT2D eigenvalue weighted by molar-refractivity contribution is -0.134. The number of esters is 1. The van der Waals surface area contributed by atoms with E-state index in [2.05, 4.69) is 11.7 Å². The molecule has 0 saturated heterocycles. The first kappa shape index (κ1) is 23.3. The van der Waals surface area contributed by atoms with Gasteiger partial charge in [0, 0.05) is 24.3 Å². The molecule has 5 nitrogen and oxygen atoms in total. The molecule has 0 aliphatic heterocycles. The molecular formula is C22H34O5. The molecule has 1 fully saturated rings. The van der Waals surface area contributed by atoms with Gasteiger partial charge < -0.3 is 14.9 Å². The lowest BCUT2D eigenvalue weighted by Gasteiger charge is -2.22. The molecule has 1 saturated carbocycles. The van der Waals surface area contributed by atoms with Crippen LogP contribution in [-0.2, 0) is 14.3 Å². The van der Waals surface area contributed by atoms with E-state index in [1.54, 1.807) is 12.2 Å². The van der Waals surface area contributed by atoms with E-state index >= 15 is 0 Å². The predicted molar refractivity (Wildman–Crippen MR) is 106 cm³/mol. The smallest absolute Gasteiger partial charge is 0.330 e. The van der Waals surface area contributed by atoms with Gasteiger partial charge in [0.2, 0.25) is 0 Å². The molecule has 2 N–H and O–H groups in total. The summed E-state index contributed by atoms with van der Waals surface area (Å²) in [5, 5.41) is 20.6. The maximum atomic E-state index is 12.2. The Bertz CT molecular complexity index is 559. The van der Waals surface area contributed by atoms with Crippen LogP contribution in [0.3, 0.4) is 0 Å². The first-order valence-corrected chi connectivity index (χ1v) is 9.81. The fourth-order valence-corrected chi connectivity index (χ4v) is 3.38. The van der Waals surface area contributed by atoms with Gasteiger partial charge in [-0.25, -0.2) is 4.79 Å². The number of hydrogen-bond donors (Lipinski definition) is 2. The van der Waals surface area contributed by atoms with Crippen LogP contribution >= 0.6 is 0 Å². The second-order valence-corrected chi connectivity index (χ2v) is 7.54. The van der Waals surface area contributed by atoms with Gasteiger partial charge in [-0.2, -0.15) is 0 Å². The van der Waals surface area contributed by atoms with E-state index in [9.17, 15) is 19.8 Å². The average Bonchev–Trinajstić information content (AvgIpc) is 2.89. The van der Waals surface area contributed by atoms with Gasteiger partial charge in [-0.05, 0) is 32.6 Å². The van der Waals surface area contributed by atoms with Crippen LogP contribution in [0.1, 0.15) is 58.8 Å². The number of carbonyl (C=O) groups excluding carboxylic acids is 2. The predicted octanol–water partition coefficient (Wildman–Crippen LogP) is 3.51. The second-order valence-electron chi connectivity index (χ2n) is 7.54. The fraction of sp³-hybridized carbons (Fsp3) is 0.636. The van der Waals surface area contributed by atoms with Crippen LogP contribution in [0.4, 0.5) is 0 Å². The van der Waals surface area contributed by atoms with Crippen molar-refractivity contribution in [1.82, 2.24) is 0 Å². The molecule has 0 aromatic rings. The zero-order chi connectivity index (χ0) is 20.3. The van der Waals surface area contributed by atoms with Gasteiger partial charge >= 0.3 is 5.97 Å². The van der Waals surface area contributed by atoms with Crippen molar-refractivity contribution in [2.75, 3.05) is 7.11 Å². The van der Waals surface area contributed by atoms with Gasteiger partial charge in [-0.15, -0.1) is 0 Å². The first-order valence-electron chi connectivity index (χ1n) is 9.81. The number of methoxy groups -OCH3 is 1. The van der Waals surface area contributed by atoms with Crippen molar-refractivity contribution in [2.45, 2.75) is 70.5 Å². The Balaban J connectivity index is 2.55. The molecule has 0 spiro atoms. The lowest BCUT2D eigenvalue weighted by atomic mass is 9.88. The van der Waals surface area contributed by atoms with Crippen molar-refractivity contribution in [1.29, 1.82) is 0 Å². The molecule has 27 heavy (non-hydrogen) atoms. The van der Waals surface area contributed by atoms with Gasteiger partial charge in [0.25, 0.3) is 0 Å². The summed E-state index contributed by atoms with van der Waals surface area (Å²) < 4.78 is 4.50. The zero-order valence-corrected chi connectivity index (χ0v) is 16.8. The van der Waals surface area contributed by atoms with Crippen molar-refractivity contribution in [3.63, 3.8) is 0 Å². The monoisotopic (exact) mass is 378 g/mol. The molecule has 1 unspecified atom stereocenters. The van der Waals surface area contributed by atoms with Crippen molar-refractivity contribution >= 4 is 11.8 Å². The summed E-state index contributed by atoms with van der Waals surface area (Å²) in [4.78, 5) is 23.2. The largest absolute Gasteiger partial charge is 0.466 e. The molecule has 1 rings (SSSR count). The highest BCUT2D eigenvalue weighted by atomic mass is 16.5. The topological polar surface area (TPSA) is 83.8 Å². The number of carbonyl (C=O) groups is 2. The van der Waals surface area contributed by atoms with Gasteiger partial charge in [0.1, 0.15) is 5.78 Å². The highest BCUT2D eigenvalue weighted by Gasteiger charge is 2.39. The third kappa shape index (κ3) is 8.67. The maximum absolute atomic E-state index is 12.2. The van der Waals surface area contributed by atoms with Crippen LogP contribution in [0.2, 0.25) is 0 Å². The summed E-state index contributed by atoms with van der Waals surface area (Å²) in [6.07, 6.45) is 14.6. The summed E-state index contributed by atoms with van der Waals surface area (Å²) >= 11 is 0. The van der Waals surface area contributed by atoms with Crippen LogP contribution < -0.4 is 0 Å². The molecule has 0 heterocycles. The third-order valence-electron chi connectivity index (χ3n) is 5.04. The Morgan fingerprint density at radius 1 is 1.33 bits per heavy atom. The third-order valence-corrected chi connectivity index (χ3v) is 5.04. The minimum Gasteiger partial charge on any atom is -0.466 e. The van der Waals surface area contributed by atoms with Gasteiger partial charge in [-0.1, -0.05) is 50.1 Å². The molecule has 0 amide bonds. The number of Topliss-reactive ketones (excluding diaryl/α,β-unsaturated/α-hetero) is 1. The molecular weight excluding hydrogens is 344 g/mol. The Morgan fingerprint density at radius 3 is 2.74 bits per heavy atom. The molecule has 0 aromatic carbocycles. The Kier molecular flexibility index (Phi) is 10.3. The van der Waals surface area contributed by atoms with Crippen molar-refractivity contribution in [2.24, 2.45) is 11.8 Å². The van der Waals surface area contributed by atoms with E-state index in [0.29, 0.717) is 19.3 Å². The van der Waals surface area contributed by atoms with E-state index in [1.165, 1.54) is 13.2 Å². The number of hydrogen-bond acceptors (Lipinski definition) is 5. The van der Waals surface area contributed by atoms with E-state index in [0.717, 1.165) is 19.3 Å². The fourth-order valence-electron chi connectivity index (χ4n) is 3.38. The summed E-state index contributed by atoms with van der Waals surface area (Å²) in [6.45, 7) is 3.92. The molecule has 5 heteroatoms. The molecule has 4 atom stereocenters. The lowest BCUT2D eigenvalue weighted by Crippen LogP contribution is -2.23. The van der Waals surface area contributed by atoms with Crippen molar-refractivity contribution in [3.8, 4) is 0 Å². The summed E-state index contributed by atoms with van der Waals surface area (Å²) in [5.74, 6) is -0.716. The zero-order valence-electron chi connectivity index (χ0n) is 16.8. The van der Waals surface area contributed by atoms with Crippen LogP contribution in [0.15, 0.2) is 36.5 Å². The summed E-state index contributed by atoms with van der Waals surface area (Å²) in [7, 11) is 1.32. The Hall–Kier alpha value is -1.72. The number of ether oxygens (including phenoxy) is 1. The molecule has 0 radical (unpaired) electrons. The van der Waals surface area contributed by atoms with Crippen LogP contribution in [0.5, 0.6) is 0 Å². The Morgan fingerprint density at radius 2 is 2.07 bits per heavy atom. The number of ketones is 1. The van der Waals surface area contributed by atoms with Crippen LogP contribution in [0.25, 0.3) is 0 Å². The molecule has 1 aliphatic carbocycles. The average molecular weight is 379 g/mol. The maximum Gasteiger partial charge on any atom is 0.330 e. The number of allylic oxidation sites excluding steroid dienone is 3. The van der Waals surface area contributed by atoms with E-state index in [-0.39, 0.29) is 24.0 Å². The number of aliphatic hydroxyl groups is 2. The normalized spacial score (nSPS) is 25.7. The minimum absolute atomic E-state index is 0.0911. The standard InChI is InChI=1S/C22H34O5/c1-4-5-14-22(2,26)15-10-12-18-17(19(23)16-20(18)24)11-8-6-7-9-13-21(25)27-3/h6-7,9-10,12-13,17-18,20,24,26H,4-5,8,11,14-16H2,1-3H3/b7-6-,12-10+,13-9+/t17-,18-,20-,22?/m1/s1. The molecule has 1 aliphatic rings. The number of unbranched alkanes of at least 4 members (excludes halogenated alkanes) is 1. The van der Waals surface area contributed by atoms with Crippen molar-refractivity contribution in [3.05, 3.63) is 36.5 Å². The highest BCUT2D eigenvalue weighted by molar-refractivity contribution is 5.84. The molecule has 152 valence electrons. The van der Waals surface area contributed by atoms with Crippen LogP contribution in [-0.4, -0.2) is 40.8 Å². The summed E-state index contributed by atoms with van der Waals surface area (Å²) in [5.41, 5.74) is -0.746. The Labute approximate surface area is 162 Å². The van der Waals surface area contributed by atoms with E-state index in [4.69, 9.17) is 0 Å². The molecule has 0 aromatic heterocycles. The van der Waals surface area contributed by atoms with Crippen LogP contribution in [0, 0.1) is 11.8 Å². The number of aliphatic hydroxyl groups excluding tert-OH is 1.